The SMILES string of the molecule is CCN1CC2CCC1CN2c1cccc(Cl)c1. The molecule has 17 heavy (non-hydrogen) atoms. The Morgan fingerprint density at radius 1 is 1.24 bits per heavy atom. The summed E-state index contributed by atoms with van der Waals surface area (Å²) in [6, 6.07) is 9.70. The lowest BCUT2D eigenvalue weighted by Gasteiger charge is -2.52. The van der Waals surface area contributed by atoms with Gasteiger partial charge in [-0.2, -0.15) is 0 Å². The van der Waals surface area contributed by atoms with Crippen LogP contribution in [0, 0.1) is 0 Å². The molecule has 2 unspecified atom stereocenters. The van der Waals surface area contributed by atoms with Crippen molar-refractivity contribution in [1.82, 2.24) is 4.90 Å². The fraction of sp³-hybridized carbons (Fsp3) is 0.571. The zero-order chi connectivity index (χ0) is 11.8. The summed E-state index contributed by atoms with van der Waals surface area (Å²) < 4.78 is 0. The van der Waals surface area contributed by atoms with Crippen molar-refractivity contribution < 1.29 is 0 Å². The Bertz CT molecular complexity index is 407. The molecule has 1 aromatic rings. The predicted octanol–water partition coefficient (Wildman–Crippen LogP) is 3.01. The number of piperazine rings is 1. The van der Waals surface area contributed by atoms with Crippen molar-refractivity contribution in [1.29, 1.82) is 0 Å². The molecule has 2 nitrogen and oxygen atoms in total. The predicted molar refractivity (Wildman–Crippen MR) is 72.9 cm³/mol. The summed E-state index contributed by atoms with van der Waals surface area (Å²) in [6.45, 7) is 5.83. The second-order valence-corrected chi connectivity index (χ2v) is 5.54. The van der Waals surface area contributed by atoms with Gasteiger partial charge in [0.15, 0.2) is 0 Å². The lowest BCUT2D eigenvalue weighted by molar-refractivity contribution is 0.102. The molecule has 3 heteroatoms. The highest BCUT2D eigenvalue weighted by atomic mass is 35.5. The molecule has 2 atom stereocenters. The highest BCUT2D eigenvalue weighted by Gasteiger charge is 2.37. The normalized spacial score (nSPS) is 28.7. The minimum Gasteiger partial charge on any atom is -0.366 e. The number of nitrogens with zero attached hydrogens (tertiary/aromatic N) is 2. The van der Waals surface area contributed by atoms with E-state index in [0.29, 0.717) is 6.04 Å². The van der Waals surface area contributed by atoms with E-state index in [1.165, 1.54) is 38.2 Å². The van der Waals surface area contributed by atoms with Gasteiger partial charge in [-0.3, -0.25) is 4.90 Å². The summed E-state index contributed by atoms with van der Waals surface area (Å²) in [5.74, 6) is 0. The molecule has 1 aromatic carbocycles. The number of likely N-dealkylation sites (N-methyl/N-ethyl adjacent to an activating group) is 1. The molecule has 0 amide bonds. The van der Waals surface area contributed by atoms with Crippen molar-refractivity contribution in [3.05, 3.63) is 29.3 Å². The maximum Gasteiger partial charge on any atom is 0.0426 e. The van der Waals surface area contributed by atoms with Gasteiger partial charge in [-0.15, -0.1) is 0 Å². The van der Waals surface area contributed by atoms with E-state index in [0.717, 1.165) is 11.1 Å². The molecule has 3 aliphatic heterocycles. The third-order valence-corrected chi connectivity index (χ3v) is 4.42. The molecule has 0 aromatic heterocycles. The maximum absolute atomic E-state index is 6.09. The zero-order valence-electron chi connectivity index (χ0n) is 10.3. The smallest absolute Gasteiger partial charge is 0.0426 e. The topological polar surface area (TPSA) is 6.48 Å². The van der Waals surface area contributed by atoms with Crippen LogP contribution >= 0.6 is 11.6 Å². The van der Waals surface area contributed by atoms with Gasteiger partial charge in [-0.25, -0.2) is 0 Å². The molecule has 0 radical (unpaired) electrons. The Labute approximate surface area is 108 Å². The van der Waals surface area contributed by atoms with Crippen LogP contribution in [0.5, 0.6) is 0 Å². The third kappa shape index (κ3) is 2.04. The van der Waals surface area contributed by atoms with E-state index in [1.807, 2.05) is 6.07 Å². The molecular formula is C14H19ClN2. The minimum absolute atomic E-state index is 0.679. The van der Waals surface area contributed by atoms with Crippen LogP contribution in [0.25, 0.3) is 0 Å². The summed E-state index contributed by atoms with van der Waals surface area (Å²) in [7, 11) is 0. The lowest BCUT2D eigenvalue weighted by atomic mass is 9.90. The largest absolute Gasteiger partial charge is 0.366 e. The van der Waals surface area contributed by atoms with Crippen LogP contribution in [0.15, 0.2) is 24.3 Å². The monoisotopic (exact) mass is 250 g/mol. The van der Waals surface area contributed by atoms with Crippen LogP contribution in [0.1, 0.15) is 19.8 Å². The number of benzene rings is 1. The van der Waals surface area contributed by atoms with Crippen molar-refractivity contribution in [3.8, 4) is 0 Å². The van der Waals surface area contributed by atoms with Gasteiger partial charge >= 0.3 is 0 Å². The van der Waals surface area contributed by atoms with Gasteiger partial charge in [0.2, 0.25) is 0 Å². The zero-order valence-corrected chi connectivity index (χ0v) is 11.0. The van der Waals surface area contributed by atoms with Crippen LogP contribution in [-0.2, 0) is 0 Å². The number of rotatable bonds is 2. The van der Waals surface area contributed by atoms with E-state index in [1.54, 1.807) is 0 Å². The highest BCUT2D eigenvalue weighted by Crippen LogP contribution is 2.33. The first-order chi connectivity index (χ1) is 8.28. The molecule has 0 aliphatic carbocycles. The molecule has 3 fully saturated rings. The first-order valence-corrected chi connectivity index (χ1v) is 6.92. The van der Waals surface area contributed by atoms with Crippen molar-refractivity contribution in [2.45, 2.75) is 31.8 Å². The number of piperidine rings is 2. The van der Waals surface area contributed by atoms with Gasteiger partial charge in [-0.1, -0.05) is 24.6 Å². The standard InChI is InChI=1S/C14H19ClN2/c1-2-16-9-14-7-6-13(16)10-17(14)12-5-3-4-11(15)8-12/h3-5,8,13-14H,2,6-7,9-10H2,1H3. The fourth-order valence-electron chi connectivity index (χ4n) is 3.27. The number of fused-ring (bicyclic) bond motifs is 3. The van der Waals surface area contributed by atoms with E-state index in [9.17, 15) is 0 Å². The van der Waals surface area contributed by atoms with Crippen LogP contribution in [0.4, 0.5) is 5.69 Å². The summed E-state index contributed by atoms with van der Waals surface area (Å²) in [5.41, 5.74) is 1.29. The van der Waals surface area contributed by atoms with Crippen LogP contribution in [0.3, 0.4) is 0 Å². The van der Waals surface area contributed by atoms with E-state index in [2.05, 4.69) is 34.9 Å². The minimum atomic E-state index is 0.679. The van der Waals surface area contributed by atoms with Crippen molar-refractivity contribution in [2.24, 2.45) is 0 Å². The van der Waals surface area contributed by atoms with E-state index in [-0.39, 0.29) is 0 Å². The van der Waals surface area contributed by atoms with E-state index < -0.39 is 0 Å². The molecule has 0 saturated carbocycles. The average Bonchev–Trinajstić information content (AvgIpc) is 2.39. The van der Waals surface area contributed by atoms with Crippen LogP contribution in [0.2, 0.25) is 5.02 Å². The molecule has 0 N–H and O–H groups in total. The van der Waals surface area contributed by atoms with Gasteiger partial charge in [-0.05, 0) is 37.6 Å². The maximum atomic E-state index is 6.09. The number of halogens is 1. The Balaban J connectivity index is 1.83. The van der Waals surface area contributed by atoms with Crippen molar-refractivity contribution in [3.63, 3.8) is 0 Å². The molecule has 3 heterocycles. The summed E-state index contributed by atoms with van der Waals surface area (Å²) in [5, 5.41) is 0.844. The Morgan fingerprint density at radius 3 is 2.71 bits per heavy atom. The lowest BCUT2D eigenvalue weighted by Crippen LogP contribution is -2.62. The second-order valence-electron chi connectivity index (χ2n) is 5.10. The Morgan fingerprint density at radius 2 is 2.06 bits per heavy atom. The van der Waals surface area contributed by atoms with Crippen molar-refractivity contribution in [2.75, 3.05) is 24.5 Å². The summed E-state index contributed by atoms with van der Waals surface area (Å²) in [6.07, 6.45) is 2.68. The quantitative estimate of drug-likeness (QED) is 0.796. The Kier molecular flexibility index (Phi) is 3.01. The van der Waals surface area contributed by atoms with Gasteiger partial charge in [0.05, 0.1) is 0 Å². The first kappa shape index (κ1) is 11.4. The van der Waals surface area contributed by atoms with E-state index in [4.69, 9.17) is 11.6 Å². The molecule has 4 rings (SSSR count). The number of anilines is 1. The van der Waals surface area contributed by atoms with Crippen molar-refractivity contribution >= 4 is 17.3 Å². The summed E-state index contributed by atoms with van der Waals surface area (Å²) in [4.78, 5) is 5.17. The fourth-order valence-corrected chi connectivity index (χ4v) is 3.46. The van der Waals surface area contributed by atoms with Crippen LogP contribution < -0.4 is 4.90 Å². The van der Waals surface area contributed by atoms with E-state index >= 15 is 0 Å². The number of hydrogen-bond acceptors (Lipinski definition) is 2. The first-order valence-electron chi connectivity index (χ1n) is 6.54. The van der Waals surface area contributed by atoms with Crippen LogP contribution in [-0.4, -0.2) is 36.6 Å². The highest BCUT2D eigenvalue weighted by molar-refractivity contribution is 6.30. The second kappa shape index (κ2) is 4.51. The third-order valence-electron chi connectivity index (χ3n) is 4.19. The molecular weight excluding hydrogens is 232 g/mol. The average molecular weight is 251 g/mol. The number of hydrogen-bond donors (Lipinski definition) is 0. The molecule has 0 spiro atoms. The summed E-state index contributed by atoms with van der Waals surface area (Å²) >= 11 is 6.09. The van der Waals surface area contributed by atoms with Gasteiger partial charge in [0, 0.05) is 35.9 Å². The van der Waals surface area contributed by atoms with Gasteiger partial charge in [0.1, 0.15) is 0 Å². The molecule has 92 valence electrons. The molecule has 3 saturated heterocycles. The van der Waals surface area contributed by atoms with Gasteiger partial charge in [0.25, 0.3) is 0 Å². The molecule has 2 bridgehead atoms. The van der Waals surface area contributed by atoms with Gasteiger partial charge < -0.3 is 4.90 Å². The Hall–Kier alpha value is -0.730. The molecule has 3 aliphatic rings.